The highest BCUT2D eigenvalue weighted by Crippen LogP contribution is 2.10. The second-order valence-corrected chi connectivity index (χ2v) is 3.94. The van der Waals surface area contributed by atoms with Crippen molar-refractivity contribution < 1.29 is 9.53 Å². The molecule has 0 saturated heterocycles. The van der Waals surface area contributed by atoms with Gasteiger partial charge in [-0.3, -0.25) is 4.79 Å². The molecule has 0 radical (unpaired) electrons. The van der Waals surface area contributed by atoms with Gasteiger partial charge < -0.3 is 10.1 Å². The minimum Gasteiger partial charge on any atom is -0.385 e. The Morgan fingerprint density at radius 1 is 1.50 bits per heavy atom. The summed E-state index contributed by atoms with van der Waals surface area (Å²) in [6, 6.07) is 7.33. The number of halogens is 1. The lowest BCUT2D eigenvalue weighted by Gasteiger charge is -2.05. The zero-order chi connectivity index (χ0) is 11.8. The molecule has 1 amide bonds. The van der Waals surface area contributed by atoms with Crippen LogP contribution in [-0.4, -0.2) is 26.2 Å². The standard InChI is InChI=1S/C12H16ClNO2/c1-16-7-3-6-14-12(15)9-10-4-2-5-11(13)8-10/h2,4-5,8H,3,6-7,9H2,1H3,(H,14,15). The lowest BCUT2D eigenvalue weighted by molar-refractivity contribution is -0.120. The second kappa shape index (κ2) is 7.25. The smallest absolute Gasteiger partial charge is 0.224 e. The Morgan fingerprint density at radius 3 is 3.00 bits per heavy atom. The summed E-state index contributed by atoms with van der Waals surface area (Å²) in [5, 5.41) is 3.48. The Balaban J connectivity index is 2.29. The van der Waals surface area contributed by atoms with Crippen molar-refractivity contribution in [3.63, 3.8) is 0 Å². The van der Waals surface area contributed by atoms with Crippen molar-refractivity contribution in [1.82, 2.24) is 5.32 Å². The molecule has 1 aromatic rings. The molecule has 0 unspecified atom stereocenters. The van der Waals surface area contributed by atoms with Crippen LogP contribution in [0.4, 0.5) is 0 Å². The molecule has 0 spiro atoms. The van der Waals surface area contributed by atoms with Gasteiger partial charge in [-0.15, -0.1) is 0 Å². The molecular formula is C12H16ClNO2. The first-order valence-corrected chi connectivity index (χ1v) is 5.60. The third kappa shape index (κ3) is 5.14. The van der Waals surface area contributed by atoms with Gasteiger partial charge in [0.25, 0.3) is 0 Å². The Labute approximate surface area is 101 Å². The molecular weight excluding hydrogens is 226 g/mol. The van der Waals surface area contributed by atoms with E-state index in [9.17, 15) is 4.79 Å². The van der Waals surface area contributed by atoms with Crippen LogP contribution in [0.5, 0.6) is 0 Å². The number of hydrogen-bond donors (Lipinski definition) is 1. The fourth-order valence-corrected chi connectivity index (χ4v) is 1.55. The zero-order valence-corrected chi connectivity index (χ0v) is 10.1. The number of methoxy groups -OCH3 is 1. The number of hydrogen-bond acceptors (Lipinski definition) is 2. The van der Waals surface area contributed by atoms with E-state index in [1.807, 2.05) is 12.1 Å². The zero-order valence-electron chi connectivity index (χ0n) is 9.33. The highest BCUT2D eigenvalue weighted by atomic mass is 35.5. The first-order chi connectivity index (χ1) is 7.72. The molecule has 0 bridgehead atoms. The maximum Gasteiger partial charge on any atom is 0.224 e. The second-order valence-electron chi connectivity index (χ2n) is 3.50. The minimum absolute atomic E-state index is 0.0124. The fraction of sp³-hybridized carbons (Fsp3) is 0.417. The number of amides is 1. The van der Waals surface area contributed by atoms with E-state index in [1.165, 1.54) is 0 Å². The van der Waals surface area contributed by atoms with E-state index in [-0.39, 0.29) is 5.91 Å². The van der Waals surface area contributed by atoms with Gasteiger partial charge in [0.2, 0.25) is 5.91 Å². The third-order valence-corrected chi connectivity index (χ3v) is 2.34. The number of benzene rings is 1. The Kier molecular flexibility index (Phi) is 5.90. The van der Waals surface area contributed by atoms with Gasteiger partial charge in [0.05, 0.1) is 6.42 Å². The number of carbonyl (C=O) groups excluding carboxylic acids is 1. The molecule has 0 aromatic heterocycles. The van der Waals surface area contributed by atoms with Gasteiger partial charge in [-0.25, -0.2) is 0 Å². The van der Waals surface area contributed by atoms with Crippen molar-refractivity contribution in [1.29, 1.82) is 0 Å². The minimum atomic E-state index is 0.0124. The maximum absolute atomic E-state index is 11.5. The Bertz CT molecular complexity index is 342. The van der Waals surface area contributed by atoms with Crippen molar-refractivity contribution in [2.45, 2.75) is 12.8 Å². The lowest BCUT2D eigenvalue weighted by Crippen LogP contribution is -2.26. The molecule has 1 N–H and O–H groups in total. The molecule has 1 aromatic carbocycles. The third-order valence-electron chi connectivity index (χ3n) is 2.10. The SMILES string of the molecule is COCCCNC(=O)Cc1cccc(Cl)c1. The fourth-order valence-electron chi connectivity index (χ4n) is 1.34. The number of ether oxygens (including phenoxy) is 1. The largest absolute Gasteiger partial charge is 0.385 e. The van der Waals surface area contributed by atoms with E-state index < -0.39 is 0 Å². The molecule has 0 fully saturated rings. The summed E-state index contributed by atoms with van der Waals surface area (Å²) < 4.78 is 4.89. The first kappa shape index (κ1) is 13.0. The average Bonchev–Trinajstić information content (AvgIpc) is 2.24. The summed E-state index contributed by atoms with van der Waals surface area (Å²) in [5.41, 5.74) is 0.928. The van der Waals surface area contributed by atoms with Crippen molar-refractivity contribution in [3.8, 4) is 0 Å². The molecule has 16 heavy (non-hydrogen) atoms. The molecule has 0 aliphatic carbocycles. The van der Waals surface area contributed by atoms with Crippen LogP contribution in [0.2, 0.25) is 5.02 Å². The van der Waals surface area contributed by atoms with Gasteiger partial charge in [0, 0.05) is 25.3 Å². The average molecular weight is 242 g/mol. The van der Waals surface area contributed by atoms with Crippen LogP contribution < -0.4 is 5.32 Å². The summed E-state index contributed by atoms with van der Waals surface area (Å²) in [7, 11) is 1.65. The number of rotatable bonds is 6. The molecule has 0 saturated carbocycles. The van der Waals surface area contributed by atoms with E-state index in [1.54, 1.807) is 19.2 Å². The van der Waals surface area contributed by atoms with E-state index in [0.717, 1.165) is 12.0 Å². The van der Waals surface area contributed by atoms with Crippen LogP contribution in [0, 0.1) is 0 Å². The van der Waals surface area contributed by atoms with E-state index >= 15 is 0 Å². The van der Waals surface area contributed by atoms with Crippen molar-refractivity contribution in [2.24, 2.45) is 0 Å². The summed E-state index contributed by atoms with van der Waals surface area (Å²) in [6.07, 6.45) is 1.20. The molecule has 0 atom stereocenters. The van der Waals surface area contributed by atoms with Gasteiger partial charge in [-0.2, -0.15) is 0 Å². The molecule has 88 valence electrons. The predicted molar refractivity (Wildman–Crippen MR) is 64.7 cm³/mol. The molecule has 1 rings (SSSR count). The molecule has 0 aliphatic heterocycles. The molecule has 4 heteroatoms. The molecule has 3 nitrogen and oxygen atoms in total. The van der Waals surface area contributed by atoms with Crippen LogP contribution in [0.15, 0.2) is 24.3 Å². The van der Waals surface area contributed by atoms with Crippen LogP contribution in [-0.2, 0) is 16.0 Å². The van der Waals surface area contributed by atoms with Crippen LogP contribution >= 0.6 is 11.6 Å². The van der Waals surface area contributed by atoms with Gasteiger partial charge in [0.15, 0.2) is 0 Å². The Morgan fingerprint density at radius 2 is 2.31 bits per heavy atom. The predicted octanol–water partition coefficient (Wildman–Crippen LogP) is 2.04. The summed E-state index contributed by atoms with van der Waals surface area (Å²) in [4.78, 5) is 11.5. The normalized spacial score (nSPS) is 10.1. The summed E-state index contributed by atoms with van der Waals surface area (Å²) in [5.74, 6) is 0.0124. The lowest BCUT2D eigenvalue weighted by atomic mass is 10.1. The number of nitrogens with one attached hydrogen (secondary N) is 1. The number of carbonyl (C=O) groups is 1. The van der Waals surface area contributed by atoms with E-state index in [2.05, 4.69) is 5.32 Å². The van der Waals surface area contributed by atoms with Crippen LogP contribution in [0.25, 0.3) is 0 Å². The molecule has 0 aliphatic rings. The van der Waals surface area contributed by atoms with Crippen LogP contribution in [0.3, 0.4) is 0 Å². The highest BCUT2D eigenvalue weighted by molar-refractivity contribution is 6.30. The van der Waals surface area contributed by atoms with Gasteiger partial charge in [-0.05, 0) is 24.1 Å². The monoisotopic (exact) mass is 241 g/mol. The van der Waals surface area contributed by atoms with E-state index in [4.69, 9.17) is 16.3 Å². The summed E-state index contributed by atoms with van der Waals surface area (Å²) in [6.45, 7) is 1.31. The highest BCUT2D eigenvalue weighted by Gasteiger charge is 2.02. The van der Waals surface area contributed by atoms with Gasteiger partial charge in [-0.1, -0.05) is 23.7 Å². The quantitative estimate of drug-likeness (QED) is 0.774. The van der Waals surface area contributed by atoms with Crippen molar-refractivity contribution in [2.75, 3.05) is 20.3 Å². The summed E-state index contributed by atoms with van der Waals surface area (Å²) >= 11 is 5.83. The van der Waals surface area contributed by atoms with Gasteiger partial charge >= 0.3 is 0 Å². The van der Waals surface area contributed by atoms with E-state index in [0.29, 0.717) is 24.6 Å². The van der Waals surface area contributed by atoms with Crippen LogP contribution in [0.1, 0.15) is 12.0 Å². The van der Waals surface area contributed by atoms with Crippen molar-refractivity contribution in [3.05, 3.63) is 34.9 Å². The van der Waals surface area contributed by atoms with Crippen molar-refractivity contribution >= 4 is 17.5 Å². The topological polar surface area (TPSA) is 38.3 Å². The maximum atomic E-state index is 11.5. The molecule has 0 heterocycles. The van der Waals surface area contributed by atoms with Gasteiger partial charge in [0.1, 0.15) is 0 Å². The Hall–Kier alpha value is -1.06. The first-order valence-electron chi connectivity index (χ1n) is 5.22.